The zero-order valence-electron chi connectivity index (χ0n) is 16.3. The molecule has 0 amide bonds. The van der Waals surface area contributed by atoms with E-state index in [-0.39, 0.29) is 0 Å². The summed E-state index contributed by atoms with van der Waals surface area (Å²) in [6, 6.07) is 14.8. The van der Waals surface area contributed by atoms with Gasteiger partial charge in [0.25, 0.3) is 0 Å². The van der Waals surface area contributed by atoms with Gasteiger partial charge in [0.05, 0.1) is 28.6 Å². The molecule has 0 bridgehead atoms. The first kappa shape index (κ1) is 20.4. The Morgan fingerprint density at radius 2 is 2.07 bits per heavy atom. The summed E-state index contributed by atoms with van der Waals surface area (Å²) in [7, 11) is 1.92. The fraction of sp³-hybridized carbons (Fsp3) is 0.182. The Morgan fingerprint density at radius 1 is 1.20 bits per heavy atom. The molecule has 0 radical (unpaired) electrons. The summed E-state index contributed by atoms with van der Waals surface area (Å²) in [4.78, 5) is 17.0. The van der Waals surface area contributed by atoms with Crippen molar-refractivity contribution in [1.29, 1.82) is 0 Å². The number of thiazole rings is 1. The van der Waals surface area contributed by atoms with Gasteiger partial charge in [-0.3, -0.25) is 0 Å². The summed E-state index contributed by atoms with van der Waals surface area (Å²) in [5.74, 6) is 0.755. The number of hydrogen-bond donors (Lipinski definition) is 2. The zero-order chi connectivity index (χ0) is 20.9. The maximum atomic E-state index is 12.5. The highest BCUT2D eigenvalue weighted by atomic mass is 35.5. The van der Waals surface area contributed by atoms with Gasteiger partial charge < -0.3 is 19.8 Å². The van der Waals surface area contributed by atoms with Crippen LogP contribution in [-0.2, 0) is 0 Å². The van der Waals surface area contributed by atoms with Crippen molar-refractivity contribution in [2.75, 3.05) is 25.5 Å². The van der Waals surface area contributed by atoms with Crippen molar-refractivity contribution in [2.24, 2.45) is 0 Å². The lowest BCUT2D eigenvalue weighted by Gasteiger charge is -2.11. The number of halogens is 1. The van der Waals surface area contributed by atoms with Crippen LogP contribution in [0.3, 0.4) is 0 Å². The second kappa shape index (κ2) is 9.30. The highest BCUT2D eigenvalue weighted by Crippen LogP contribution is 2.32. The number of para-hydroxylation sites is 3. The Kier molecular flexibility index (Phi) is 6.32. The van der Waals surface area contributed by atoms with E-state index in [0.29, 0.717) is 33.6 Å². The topological polar surface area (TPSA) is 76.4 Å². The third kappa shape index (κ3) is 4.48. The maximum absolute atomic E-state index is 12.5. The Labute approximate surface area is 182 Å². The summed E-state index contributed by atoms with van der Waals surface area (Å²) >= 11 is 7.52. The number of benzene rings is 2. The third-order valence-corrected chi connectivity index (χ3v) is 5.50. The van der Waals surface area contributed by atoms with Gasteiger partial charge >= 0.3 is 5.63 Å². The fourth-order valence-corrected chi connectivity index (χ4v) is 3.93. The molecule has 30 heavy (non-hydrogen) atoms. The first-order valence-corrected chi connectivity index (χ1v) is 10.7. The standard InChI is InChI=1S/C22H20ClN3O3S/c1-24-10-5-11-28-19-9-3-2-8-17(19)25-22-26-18(13-30-22)15-12-14-6-4-7-16(23)20(14)29-21(15)27/h2-4,6-9,12-13,24H,5,10-11H2,1H3,(H,25,26). The predicted octanol–water partition coefficient (Wildman–Crippen LogP) is 5.30. The number of nitrogens with zero attached hydrogens (tertiary/aromatic N) is 1. The monoisotopic (exact) mass is 441 g/mol. The molecule has 4 aromatic rings. The molecule has 6 nitrogen and oxygen atoms in total. The highest BCUT2D eigenvalue weighted by molar-refractivity contribution is 7.14. The van der Waals surface area contributed by atoms with Gasteiger partial charge in [0.15, 0.2) is 10.7 Å². The smallest absolute Gasteiger partial charge is 0.345 e. The minimum absolute atomic E-state index is 0.380. The van der Waals surface area contributed by atoms with Crippen molar-refractivity contribution >= 4 is 44.7 Å². The first-order chi connectivity index (χ1) is 14.7. The van der Waals surface area contributed by atoms with Crippen molar-refractivity contribution in [3.8, 4) is 17.0 Å². The number of anilines is 2. The average molecular weight is 442 g/mol. The quantitative estimate of drug-likeness (QED) is 0.285. The van der Waals surface area contributed by atoms with Gasteiger partial charge in [0, 0.05) is 10.8 Å². The number of hydrogen-bond acceptors (Lipinski definition) is 7. The molecule has 0 aliphatic rings. The molecule has 154 valence electrons. The lowest BCUT2D eigenvalue weighted by Crippen LogP contribution is -2.11. The van der Waals surface area contributed by atoms with Gasteiger partial charge in [0.2, 0.25) is 0 Å². The van der Waals surface area contributed by atoms with Crippen molar-refractivity contribution in [2.45, 2.75) is 6.42 Å². The molecule has 2 aromatic carbocycles. The van der Waals surface area contributed by atoms with E-state index >= 15 is 0 Å². The highest BCUT2D eigenvalue weighted by Gasteiger charge is 2.14. The molecule has 0 spiro atoms. The second-order valence-corrected chi connectivity index (χ2v) is 7.84. The normalized spacial score (nSPS) is 11.0. The SMILES string of the molecule is CNCCCOc1ccccc1Nc1nc(-c2cc3cccc(Cl)c3oc2=O)cs1. The van der Waals surface area contributed by atoms with Crippen LogP contribution in [0.1, 0.15) is 6.42 Å². The number of fused-ring (bicyclic) bond motifs is 1. The van der Waals surface area contributed by atoms with Crippen molar-refractivity contribution in [3.05, 3.63) is 69.4 Å². The lowest BCUT2D eigenvalue weighted by atomic mass is 10.1. The van der Waals surface area contributed by atoms with E-state index in [1.54, 1.807) is 12.1 Å². The van der Waals surface area contributed by atoms with Crippen LogP contribution < -0.4 is 21.0 Å². The van der Waals surface area contributed by atoms with E-state index in [9.17, 15) is 4.79 Å². The van der Waals surface area contributed by atoms with Crippen LogP contribution in [0.15, 0.2) is 63.1 Å². The van der Waals surface area contributed by atoms with E-state index in [2.05, 4.69) is 15.6 Å². The van der Waals surface area contributed by atoms with E-state index in [1.807, 2.05) is 48.8 Å². The van der Waals surface area contributed by atoms with Crippen LogP contribution in [0.4, 0.5) is 10.8 Å². The van der Waals surface area contributed by atoms with Crippen molar-refractivity contribution in [1.82, 2.24) is 10.3 Å². The number of rotatable bonds is 8. The van der Waals surface area contributed by atoms with Crippen LogP contribution in [0, 0.1) is 0 Å². The number of nitrogens with one attached hydrogen (secondary N) is 2. The van der Waals surface area contributed by atoms with Crippen LogP contribution >= 0.6 is 22.9 Å². The Hall–Kier alpha value is -2.87. The minimum Gasteiger partial charge on any atom is -0.491 e. The van der Waals surface area contributed by atoms with Gasteiger partial charge in [-0.1, -0.05) is 35.9 Å². The molecule has 0 aliphatic heterocycles. The van der Waals surface area contributed by atoms with E-state index in [0.717, 1.165) is 29.8 Å². The first-order valence-electron chi connectivity index (χ1n) is 9.47. The van der Waals surface area contributed by atoms with Gasteiger partial charge in [-0.05, 0) is 44.3 Å². The summed E-state index contributed by atoms with van der Waals surface area (Å²) < 4.78 is 11.3. The summed E-state index contributed by atoms with van der Waals surface area (Å²) in [5.41, 5.74) is 1.67. The van der Waals surface area contributed by atoms with Gasteiger partial charge in [-0.15, -0.1) is 11.3 Å². The lowest BCUT2D eigenvalue weighted by molar-refractivity contribution is 0.311. The van der Waals surface area contributed by atoms with Gasteiger partial charge in [0.1, 0.15) is 5.75 Å². The Bertz CT molecular complexity index is 1220. The fourth-order valence-electron chi connectivity index (χ4n) is 2.98. The number of ether oxygens (including phenoxy) is 1. The Morgan fingerprint density at radius 3 is 2.93 bits per heavy atom. The maximum Gasteiger partial charge on any atom is 0.345 e. The van der Waals surface area contributed by atoms with Gasteiger partial charge in [-0.2, -0.15) is 0 Å². The van der Waals surface area contributed by atoms with E-state index < -0.39 is 5.63 Å². The van der Waals surface area contributed by atoms with Crippen LogP contribution in [0.25, 0.3) is 22.2 Å². The summed E-state index contributed by atoms with van der Waals surface area (Å²) in [6.45, 7) is 1.51. The molecule has 0 atom stereocenters. The number of aromatic nitrogens is 1. The zero-order valence-corrected chi connectivity index (χ0v) is 17.8. The second-order valence-electron chi connectivity index (χ2n) is 6.57. The molecule has 0 aliphatic carbocycles. The molecular formula is C22H20ClN3O3S. The molecule has 0 unspecified atom stereocenters. The molecule has 4 rings (SSSR count). The van der Waals surface area contributed by atoms with Crippen molar-refractivity contribution in [3.63, 3.8) is 0 Å². The molecule has 8 heteroatoms. The summed E-state index contributed by atoms with van der Waals surface area (Å²) in [5, 5.41) is 10.0. The molecule has 2 N–H and O–H groups in total. The molecule has 2 heterocycles. The van der Waals surface area contributed by atoms with Crippen molar-refractivity contribution < 1.29 is 9.15 Å². The minimum atomic E-state index is -0.472. The van der Waals surface area contributed by atoms with Crippen LogP contribution in [-0.4, -0.2) is 25.2 Å². The Balaban J connectivity index is 1.57. The van der Waals surface area contributed by atoms with E-state index in [4.69, 9.17) is 20.8 Å². The molecule has 0 saturated heterocycles. The average Bonchev–Trinajstić information content (AvgIpc) is 3.21. The molecular weight excluding hydrogens is 422 g/mol. The predicted molar refractivity (Wildman–Crippen MR) is 122 cm³/mol. The van der Waals surface area contributed by atoms with Crippen LogP contribution in [0.2, 0.25) is 5.02 Å². The van der Waals surface area contributed by atoms with E-state index in [1.165, 1.54) is 11.3 Å². The molecule has 2 aromatic heterocycles. The summed E-state index contributed by atoms with van der Waals surface area (Å²) in [6.07, 6.45) is 0.911. The molecule has 0 saturated carbocycles. The van der Waals surface area contributed by atoms with Crippen LogP contribution in [0.5, 0.6) is 5.75 Å². The third-order valence-electron chi connectivity index (χ3n) is 4.45. The largest absolute Gasteiger partial charge is 0.491 e. The van der Waals surface area contributed by atoms with Gasteiger partial charge in [-0.25, -0.2) is 9.78 Å². The molecule has 0 fully saturated rings.